The highest BCUT2D eigenvalue weighted by atomic mass is 35.5. The van der Waals surface area contributed by atoms with Crippen molar-refractivity contribution in [2.45, 2.75) is 32.7 Å². The molecule has 6 heteroatoms. The maximum Gasteiger partial charge on any atom is 0.224 e. The number of ether oxygens (including phenoxy) is 1. The molecular formula is C21H21ClFN3O. The number of aryl methyl sites for hydroxylation is 1. The predicted octanol–water partition coefficient (Wildman–Crippen LogP) is 6.19. The van der Waals surface area contributed by atoms with Gasteiger partial charge in [-0.05, 0) is 66.4 Å². The lowest BCUT2D eigenvalue weighted by atomic mass is 10.0. The SMILES string of the molecule is CCc1cc(NC(CC)c2ccc(Oc3ccc(F)cc3)cc2)nc(Cl)n1. The van der Waals surface area contributed by atoms with Gasteiger partial charge in [0, 0.05) is 11.8 Å². The molecule has 0 aliphatic carbocycles. The van der Waals surface area contributed by atoms with Gasteiger partial charge in [-0.3, -0.25) is 0 Å². The van der Waals surface area contributed by atoms with Crippen molar-refractivity contribution < 1.29 is 9.13 Å². The van der Waals surface area contributed by atoms with Crippen molar-refractivity contribution in [3.05, 3.63) is 77.0 Å². The molecule has 1 aromatic heterocycles. The Labute approximate surface area is 163 Å². The van der Waals surface area contributed by atoms with Crippen molar-refractivity contribution in [3.63, 3.8) is 0 Å². The summed E-state index contributed by atoms with van der Waals surface area (Å²) < 4.78 is 18.7. The van der Waals surface area contributed by atoms with Crippen molar-refractivity contribution in [2.24, 2.45) is 0 Å². The highest BCUT2D eigenvalue weighted by Gasteiger charge is 2.12. The first-order valence-electron chi connectivity index (χ1n) is 8.90. The quantitative estimate of drug-likeness (QED) is 0.493. The van der Waals surface area contributed by atoms with E-state index in [0.29, 0.717) is 17.3 Å². The van der Waals surface area contributed by atoms with Gasteiger partial charge in [-0.2, -0.15) is 0 Å². The topological polar surface area (TPSA) is 47.0 Å². The van der Waals surface area contributed by atoms with Crippen LogP contribution < -0.4 is 10.1 Å². The molecule has 1 unspecified atom stereocenters. The van der Waals surface area contributed by atoms with E-state index in [9.17, 15) is 4.39 Å². The molecule has 140 valence electrons. The van der Waals surface area contributed by atoms with Crippen LogP contribution >= 0.6 is 11.6 Å². The minimum Gasteiger partial charge on any atom is -0.457 e. The number of nitrogens with zero attached hydrogens (tertiary/aromatic N) is 2. The van der Waals surface area contributed by atoms with Gasteiger partial charge in [0.25, 0.3) is 0 Å². The number of anilines is 1. The second kappa shape index (κ2) is 8.82. The largest absolute Gasteiger partial charge is 0.457 e. The summed E-state index contributed by atoms with van der Waals surface area (Å²) in [6, 6.07) is 15.7. The van der Waals surface area contributed by atoms with Crippen molar-refractivity contribution in [1.82, 2.24) is 9.97 Å². The second-order valence-electron chi connectivity index (χ2n) is 6.10. The van der Waals surface area contributed by atoms with E-state index in [4.69, 9.17) is 16.3 Å². The average molecular weight is 386 g/mol. The first kappa shape index (κ1) is 19.1. The van der Waals surface area contributed by atoms with Crippen molar-refractivity contribution in [2.75, 3.05) is 5.32 Å². The fourth-order valence-corrected chi connectivity index (χ4v) is 2.93. The molecule has 0 aliphatic rings. The Morgan fingerprint density at radius 2 is 1.63 bits per heavy atom. The van der Waals surface area contributed by atoms with E-state index in [2.05, 4.69) is 22.2 Å². The summed E-state index contributed by atoms with van der Waals surface area (Å²) in [6.07, 6.45) is 1.67. The van der Waals surface area contributed by atoms with Crippen LogP contribution in [0.25, 0.3) is 0 Å². The van der Waals surface area contributed by atoms with E-state index in [-0.39, 0.29) is 17.1 Å². The third kappa shape index (κ3) is 5.17. The van der Waals surface area contributed by atoms with E-state index in [1.54, 1.807) is 12.1 Å². The predicted molar refractivity (Wildman–Crippen MR) is 106 cm³/mol. The van der Waals surface area contributed by atoms with Gasteiger partial charge in [0.1, 0.15) is 23.1 Å². The third-order valence-electron chi connectivity index (χ3n) is 4.18. The number of benzene rings is 2. The van der Waals surface area contributed by atoms with Crippen LogP contribution in [0.4, 0.5) is 10.2 Å². The van der Waals surface area contributed by atoms with Gasteiger partial charge in [-0.1, -0.05) is 26.0 Å². The van der Waals surface area contributed by atoms with E-state index in [0.717, 1.165) is 24.1 Å². The lowest BCUT2D eigenvalue weighted by molar-refractivity contribution is 0.480. The molecule has 1 atom stereocenters. The number of halogens is 2. The van der Waals surface area contributed by atoms with E-state index in [1.165, 1.54) is 12.1 Å². The number of aromatic nitrogens is 2. The lowest BCUT2D eigenvalue weighted by Gasteiger charge is -2.19. The minimum absolute atomic E-state index is 0.0838. The standard InChI is InChI=1S/C21H21ClFN3O/c1-3-16-13-20(26-21(22)24-16)25-19(4-2)14-5-9-17(10-6-14)27-18-11-7-15(23)8-12-18/h5-13,19H,3-4H2,1-2H3,(H,24,25,26). The summed E-state index contributed by atoms with van der Waals surface area (Å²) in [5.74, 6) is 1.71. The van der Waals surface area contributed by atoms with Gasteiger partial charge >= 0.3 is 0 Å². The Morgan fingerprint density at radius 1 is 1.00 bits per heavy atom. The van der Waals surface area contributed by atoms with Gasteiger partial charge in [-0.15, -0.1) is 0 Å². The van der Waals surface area contributed by atoms with E-state index in [1.807, 2.05) is 37.3 Å². The normalized spacial score (nSPS) is 11.9. The number of rotatable bonds is 7. The molecule has 0 amide bonds. The molecule has 4 nitrogen and oxygen atoms in total. The zero-order chi connectivity index (χ0) is 19.2. The molecule has 1 N–H and O–H groups in total. The Hall–Kier alpha value is -2.66. The summed E-state index contributed by atoms with van der Waals surface area (Å²) in [5, 5.41) is 3.66. The summed E-state index contributed by atoms with van der Waals surface area (Å²) in [6.45, 7) is 4.13. The number of hydrogen-bond acceptors (Lipinski definition) is 4. The molecule has 0 bridgehead atoms. The van der Waals surface area contributed by atoms with Crippen molar-refractivity contribution in [3.8, 4) is 11.5 Å². The van der Waals surface area contributed by atoms with E-state index < -0.39 is 0 Å². The molecule has 1 heterocycles. The van der Waals surface area contributed by atoms with Crippen LogP contribution in [0.5, 0.6) is 11.5 Å². The molecule has 0 spiro atoms. The molecule has 3 rings (SSSR count). The Morgan fingerprint density at radius 3 is 2.22 bits per heavy atom. The van der Waals surface area contributed by atoms with E-state index >= 15 is 0 Å². The molecule has 0 saturated carbocycles. The van der Waals surface area contributed by atoms with Gasteiger partial charge in [0.15, 0.2) is 0 Å². The Balaban J connectivity index is 1.72. The third-order valence-corrected chi connectivity index (χ3v) is 4.35. The van der Waals surface area contributed by atoms with Crippen LogP contribution in [0.3, 0.4) is 0 Å². The monoisotopic (exact) mass is 385 g/mol. The molecule has 0 fully saturated rings. The van der Waals surface area contributed by atoms with Crippen molar-refractivity contribution in [1.29, 1.82) is 0 Å². The second-order valence-corrected chi connectivity index (χ2v) is 6.44. The van der Waals surface area contributed by atoms with Crippen LogP contribution in [0.2, 0.25) is 5.28 Å². The highest BCUT2D eigenvalue weighted by Crippen LogP contribution is 2.27. The van der Waals surface area contributed by atoms with Gasteiger partial charge in [0.05, 0.1) is 6.04 Å². The van der Waals surface area contributed by atoms with Crippen LogP contribution in [0, 0.1) is 5.82 Å². The Bertz CT molecular complexity index is 885. The number of nitrogens with one attached hydrogen (secondary N) is 1. The summed E-state index contributed by atoms with van der Waals surface area (Å²) in [4.78, 5) is 8.45. The fourth-order valence-electron chi connectivity index (χ4n) is 2.73. The van der Waals surface area contributed by atoms with Gasteiger partial charge < -0.3 is 10.1 Å². The lowest BCUT2D eigenvalue weighted by Crippen LogP contribution is -2.11. The first-order valence-corrected chi connectivity index (χ1v) is 9.28. The Kier molecular flexibility index (Phi) is 6.24. The molecule has 2 aromatic carbocycles. The molecule has 0 aliphatic heterocycles. The molecule has 0 radical (unpaired) electrons. The highest BCUT2D eigenvalue weighted by molar-refractivity contribution is 6.28. The van der Waals surface area contributed by atoms with Crippen LogP contribution in [-0.4, -0.2) is 9.97 Å². The fraction of sp³-hybridized carbons (Fsp3) is 0.238. The average Bonchev–Trinajstić information content (AvgIpc) is 2.68. The van der Waals surface area contributed by atoms with Crippen LogP contribution in [0.15, 0.2) is 54.6 Å². The molecule has 3 aromatic rings. The summed E-state index contributed by atoms with van der Waals surface area (Å²) in [5.41, 5.74) is 2.01. The maximum absolute atomic E-state index is 13.0. The van der Waals surface area contributed by atoms with Crippen LogP contribution in [-0.2, 0) is 6.42 Å². The molecular weight excluding hydrogens is 365 g/mol. The number of hydrogen-bond donors (Lipinski definition) is 1. The smallest absolute Gasteiger partial charge is 0.224 e. The van der Waals surface area contributed by atoms with Gasteiger partial charge in [-0.25, -0.2) is 14.4 Å². The van der Waals surface area contributed by atoms with Crippen LogP contribution in [0.1, 0.15) is 37.6 Å². The maximum atomic E-state index is 13.0. The van der Waals surface area contributed by atoms with Gasteiger partial charge in [0.2, 0.25) is 5.28 Å². The summed E-state index contributed by atoms with van der Waals surface area (Å²) >= 11 is 6.01. The molecule has 27 heavy (non-hydrogen) atoms. The first-order chi connectivity index (χ1) is 13.1. The zero-order valence-electron chi connectivity index (χ0n) is 15.2. The molecule has 0 saturated heterocycles. The summed E-state index contributed by atoms with van der Waals surface area (Å²) in [7, 11) is 0. The zero-order valence-corrected chi connectivity index (χ0v) is 16.0. The minimum atomic E-state index is -0.286. The van der Waals surface area contributed by atoms with Crippen molar-refractivity contribution >= 4 is 17.4 Å².